The Bertz CT molecular complexity index is 341. The number of hydrogen-bond acceptors (Lipinski definition) is 1. The molecule has 1 amide bonds. The molecule has 1 aromatic rings. The highest BCUT2D eigenvalue weighted by atomic mass is 35.5. The predicted molar refractivity (Wildman–Crippen MR) is 55.1 cm³/mol. The minimum absolute atomic E-state index is 0.158. The quantitative estimate of drug-likeness (QED) is 0.772. The van der Waals surface area contributed by atoms with Crippen molar-refractivity contribution in [3.63, 3.8) is 0 Å². The maximum Gasteiger partial charge on any atom is 0.225 e. The second-order valence-electron chi connectivity index (χ2n) is 2.95. The number of alkyl halides is 1. The first-order chi connectivity index (χ1) is 6.63. The summed E-state index contributed by atoms with van der Waals surface area (Å²) in [5, 5.41) is 2.65. The van der Waals surface area contributed by atoms with Crippen LogP contribution in [0, 0.1) is 12.7 Å². The van der Waals surface area contributed by atoms with Gasteiger partial charge in [0, 0.05) is 18.0 Å². The lowest BCUT2D eigenvalue weighted by atomic mass is 10.2. The van der Waals surface area contributed by atoms with Crippen molar-refractivity contribution in [2.45, 2.75) is 13.3 Å². The van der Waals surface area contributed by atoms with E-state index in [4.69, 9.17) is 11.6 Å². The van der Waals surface area contributed by atoms with Crippen LogP contribution < -0.4 is 5.32 Å². The van der Waals surface area contributed by atoms with E-state index in [1.807, 2.05) is 0 Å². The van der Waals surface area contributed by atoms with Crippen LogP contribution in [0.4, 0.5) is 10.1 Å². The molecule has 0 aliphatic rings. The molecule has 14 heavy (non-hydrogen) atoms. The van der Waals surface area contributed by atoms with Gasteiger partial charge in [-0.25, -0.2) is 4.39 Å². The minimum atomic E-state index is -0.308. The standard InChI is InChI=1S/C10H11ClFNO/c1-7-6-8(12)2-3-9(7)13-10(14)4-5-11/h2-3,6H,4-5H2,1H3,(H,13,14). The van der Waals surface area contributed by atoms with Gasteiger partial charge in [-0.15, -0.1) is 11.6 Å². The summed E-state index contributed by atoms with van der Waals surface area (Å²) in [5.74, 6) is -0.181. The summed E-state index contributed by atoms with van der Waals surface area (Å²) in [4.78, 5) is 11.2. The Morgan fingerprint density at radius 1 is 1.57 bits per heavy atom. The molecule has 76 valence electrons. The Hall–Kier alpha value is -1.09. The summed E-state index contributed by atoms with van der Waals surface area (Å²) in [6, 6.07) is 4.22. The van der Waals surface area contributed by atoms with Crippen LogP contribution in [0.15, 0.2) is 18.2 Å². The van der Waals surface area contributed by atoms with Crippen molar-refractivity contribution in [2.75, 3.05) is 11.2 Å². The number of carbonyl (C=O) groups is 1. The zero-order valence-corrected chi connectivity index (χ0v) is 8.57. The predicted octanol–water partition coefficient (Wildman–Crippen LogP) is 2.70. The van der Waals surface area contributed by atoms with Gasteiger partial charge in [0.25, 0.3) is 0 Å². The Morgan fingerprint density at radius 2 is 2.29 bits per heavy atom. The average Bonchev–Trinajstić information content (AvgIpc) is 2.10. The number of hydrogen-bond donors (Lipinski definition) is 1. The van der Waals surface area contributed by atoms with Crippen LogP contribution in [0.5, 0.6) is 0 Å². The molecule has 0 bridgehead atoms. The van der Waals surface area contributed by atoms with Crippen LogP contribution in [0.3, 0.4) is 0 Å². The van der Waals surface area contributed by atoms with E-state index in [9.17, 15) is 9.18 Å². The normalized spacial score (nSPS) is 9.93. The van der Waals surface area contributed by atoms with Crippen LogP contribution in [0.25, 0.3) is 0 Å². The van der Waals surface area contributed by atoms with E-state index in [0.717, 1.165) is 0 Å². The first-order valence-electron chi connectivity index (χ1n) is 4.25. The van der Waals surface area contributed by atoms with Crippen LogP contribution >= 0.6 is 11.6 Å². The molecular formula is C10H11ClFNO. The van der Waals surface area contributed by atoms with Gasteiger partial charge in [0.2, 0.25) is 5.91 Å². The number of anilines is 1. The third-order valence-corrected chi connectivity index (χ3v) is 1.97. The van der Waals surface area contributed by atoms with E-state index in [1.54, 1.807) is 6.92 Å². The minimum Gasteiger partial charge on any atom is -0.326 e. The molecule has 0 aliphatic carbocycles. The summed E-state index contributed by atoms with van der Waals surface area (Å²) < 4.78 is 12.7. The fourth-order valence-electron chi connectivity index (χ4n) is 1.07. The summed E-state index contributed by atoms with van der Waals surface area (Å²) in [6.45, 7) is 1.74. The van der Waals surface area contributed by atoms with Gasteiger partial charge in [0.05, 0.1) is 0 Å². The third kappa shape index (κ3) is 3.00. The van der Waals surface area contributed by atoms with Crippen molar-refractivity contribution in [1.29, 1.82) is 0 Å². The van der Waals surface area contributed by atoms with Gasteiger partial charge in [-0.2, -0.15) is 0 Å². The lowest BCUT2D eigenvalue weighted by molar-refractivity contribution is -0.115. The van der Waals surface area contributed by atoms with Gasteiger partial charge in [0.1, 0.15) is 5.82 Å². The number of rotatable bonds is 3. The van der Waals surface area contributed by atoms with Crippen molar-refractivity contribution in [1.82, 2.24) is 0 Å². The van der Waals surface area contributed by atoms with Crippen LogP contribution in [0.1, 0.15) is 12.0 Å². The average molecular weight is 216 g/mol. The molecule has 1 aromatic carbocycles. The number of benzene rings is 1. The van der Waals surface area contributed by atoms with Crippen molar-refractivity contribution >= 4 is 23.2 Å². The zero-order chi connectivity index (χ0) is 10.6. The van der Waals surface area contributed by atoms with E-state index in [1.165, 1.54) is 18.2 Å². The Kier molecular flexibility index (Phi) is 3.89. The topological polar surface area (TPSA) is 29.1 Å². The molecule has 0 aliphatic heterocycles. The molecule has 2 nitrogen and oxygen atoms in total. The maximum atomic E-state index is 12.7. The smallest absolute Gasteiger partial charge is 0.225 e. The Balaban J connectivity index is 2.72. The van der Waals surface area contributed by atoms with Gasteiger partial charge in [-0.05, 0) is 30.7 Å². The highest BCUT2D eigenvalue weighted by Gasteiger charge is 2.04. The Morgan fingerprint density at radius 3 is 2.86 bits per heavy atom. The van der Waals surface area contributed by atoms with Crippen molar-refractivity contribution < 1.29 is 9.18 Å². The van der Waals surface area contributed by atoms with Gasteiger partial charge in [0.15, 0.2) is 0 Å². The SMILES string of the molecule is Cc1cc(F)ccc1NC(=O)CCCl. The summed E-state index contributed by atoms with van der Waals surface area (Å²) in [5.41, 5.74) is 1.33. The van der Waals surface area contributed by atoms with Gasteiger partial charge in [-0.3, -0.25) is 4.79 Å². The maximum absolute atomic E-state index is 12.7. The van der Waals surface area contributed by atoms with E-state index in [2.05, 4.69) is 5.32 Å². The number of halogens is 2. The molecule has 0 saturated carbocycles. The summed E-state index contributed by atoms with van der Waals surface area (Å²) >= 11 is 5.41. The molecule has 1 rings (SSSR count). The fourth-order valence-corrected chi connectivity index (χ4v) is 1.24. The van der Waals surface area contributed by atoms with Gasteiger partial charge >= 0.3 is 0 Å². The molecule has 0 aromatic heterocycles. The summed E-state index contributed by atoms with van der Waals surface area (Å²) in [7, 11) is 0. The van der Waals surface area contributed by atoms with Crippen LogP contribution in [0.2, 0.25) is 0 Å². The zero-order valence-electron chi connectivity index (χ0n) is 7.81. The largest absolute Gasteiger partial charge is 0.326 e. The van der Waals surface area contributed by atoms with E-state index < -0.39 is 0 Å². The highest BCUT2D eigenvalue weighted by Crippen LogP contribution is 2.15. The van der Waals surface area contributed by atoms with Gasteiger partial charge < -0.3 is 5.32 Å². The molecule has 1 N–H and O–H groups in total. The second kappa shape index (κ2) is 4.96. The third-order valence-electron chi connectivity index (χ3n) is 1.78. The monoisotopic (exact) mass is 215 g/mol. The molecule has 0 spiro atoms. The summed E-state index contributed by atoms with van der Waals surface area (Å²) in [6.07, 6.45) is 0.262. The molecule has 0 saturated heterocycles. The second-order valence-corrected chi connectivity index (χ2v) is 3.32. The van der Waals surface area contributed by atoms with Gasteiger partial charge in [-0.1, -0.05) is 0 Å². The first-order valence-corrected chi connectivity index (χ1v) is 4.79. The van der Waals surface area contributed by atoms with Crippen LogP contribution in [-0.4, -0.2) is 11.8 Å². The molecular weight excluding hydrogens is 205 g/mol. The molecule has 0 radical (unpaired) electrons. The Labute approximate surface area is 87.1 Å². The molecule has 0 heterocycles. The fraction of sp³-hybridized carbons (Fsp3) is 0.300. The van der Waals surface area contributed by atoms with E-state index in [0.29, 0.717) is 11.3 Å². The number of aryl methyl sites for hydroxylation is 1. The number of amides is 1. The molecule has 0 unspecified atom stereocenters. The van der Waals surface area contributed by atoms with Crippen LogP contribution in [-0.2, 0) is 4.79 Å². The lowest BCUT2D eigenvalue weighted by Crippen LogP contribution is -2.12. The molecule has 0 atom stereocenters. The van der Waals surface area contributed by atoms with Crippen molar-refractivity contribution in [3.8, 4) is 0 Å². The van der Waals surface area contributed by atoms with E-state index in [-0.39, 0.29) is 24.0 Å². The van der Waals surface area contributed by atoms with Crippen molar-refractivity contribution in [2.24, 2.45) is 0 Å². The van der Waals surface area contributed by atoms with Crippen molar-refractivity contribution in [3.05, 3.63) is 29.6 Å². The van der Waals surface area contributed by atoms with E-state index >= 15 is 0 Å². The molecule has 0 fully saturated rings. The molecule has 4 heteroatoms. The number of carbonyl (C=O) groups excluding carboxylic acids is 1. The highest BCUT2D eigenvalue weighted by molar-refractivity contribution is 6.19. The first kappa shape index (κ1) is 11.0. The lowest BCUT2D eigenvalue weighted by Gasteiger charge is -2.07. The number of nitrogens with one attached hydrogen (secondary N) is 1.